The molecule has 92 valence electrons. The average Bonchev–Trinajstić information content (AvgIpc) is 2.82. The zero-order chi connectivity index (χ0) is 11.7. The summed E-state index contributed by atoms with van der Waals surface area (Å²) in [5, 5.41) is 0. The van der Waals surface area contributed by atoms with Gasteiger partial charge in [0.05, 0.1) is 5.69 Å². The first kappa shape index (κ1) is 11.0. The maximum absolute atomic E-state index is 5.76. The van der Waals surface area contributed by atoms with Crippen LogP contribution in [0, 0.1) is 5.92 Å². The third-order valence-corrected chi connectivity index (χ3v) is 4.23. The molecular weight excluding hydrogens is 212 g/mol. The van der Waals surface area contributed by atoms with Crippen LogP contribution in [-0.4, -0.2) is 22.6 Å². The smallest absolute Gasteiger partial charge is 0.151 e. The number of anilines is 1. The van der Waals surface area contributed by atoms with Gasteiger partial charge in [-0.05, 0) is 25.2 Å². The fourth-order valence-corrected chi connectivity index (χ4v) is 3.41. The molecule has 2 N–H and O–H groups in total. The summed E-state index contributed by atoms with van der Waals surface area (Å²) in [5.41, 5.74) is 6.70. The number of nitrogens with zero attached hydrogens (tertiary/aromatic N) is 3. The molecule has 1 saturated carbocycles. The molecule has 1 aromatic rings. The second-order valence-electron chi connectivity index (χ2n) is 5.12. The Bertz CT molecular complexity index is 393. The van der Waals surface area contributed by atoms with Crippen molar-refractivity contribution in [3.63, 3.8) is 0 Å². The van der Waals surface area contributed by atoms with Gasteiger partial charge in [0.1, 0.15) is 0 Å². The molecule has 2 fully saturated rings. The molecule has 1 saturated heterocycles. The highest BCUT2D eigenvalue weighted by atomic mass is 15.2. The van der Waals surface area contributed by atoms with Crippen LogP contribution in [0.2, 0.25) is 0 Å². The molecule has 2 heterocycles. The third-order valence-electron chi connectivity index (χ3n) is 4.23. The Labute approximate surface area is 102 Å². The molecule has 0 spiro atoms. The van der Waals surface area contributed by atoms with E-state index < -0.39 is 0 Å². The average molecular weight is 232 g/mol. The Morgan fingerprint density at radius 1 is 1.18 bits per heavy atom. The molecule has 1 aliphatic heterocycles. The number of hydrogen-bond donors (Lipinski definition) is 1. The molecule has 0 amide bonds. The SMILES string of the molecule is NCc1nccnc1N1CCC2CCCCC21. The normalized spacial score (nSPS) is 28.2. The molecule has 2 aliphatic rings. The molecule has 4 nitrogen and oxygen atoms in total. The van der Waals surface area contributed by atoms with Gasteiger partial charge >= 0.3 is 0 Å². The lowest BCUT2D eigenvalue weighted by atomic mass is 9.85. The van der Waals surface area contributed by atoms with E-state index in [-0.39, 0.29) is 0 Å². The molecule has 0 aromatic carbocycles. The Morgan fingerprint density at radius 2 is 2.00 bits per heavy atom. The second-order valence-corrected chi connectivity index (χ2v) is 5.12. The number of rotatable bonds is 2. The van der Waals surface area contributed by atoms with Crippen LogP contribution in [0.5, 0.6) is 0 Å². The highest BCUT2D eigenvalue weighted by Crippen LogP contribution is 2.38. The third kappa shape index (κ3) is 1.90. The summed E-state index contributed by atoms with van der Waals surface area (Å²) >= 11 is 0. The Kier molecular flexibility index (Phi) is 2.97. The second kappa shape index (κ2) is 4.61. The van der Waals surface area contributed by atoms with Gasteiger partial charge in [-0.15, -0.1) is 0 Å². The fourth-order valence-electron chi connectivity index (χ4n) is 3.41. The van der Waals surface area contributed by atoms with E-state index in [0.29, 0.717) is 12.6 Å². The minimum absolute atomic E-state index is 0.483. The molecule has 0 radical (unpaired) electrons. The minimum atomic E-state index is 0.483. The summed E-state index contributed by atoms with van der Waals surface area (Å²) in [7, 11) is 0. The van der Waals surface area contributed by atoms with E-state index in [2.05, 4.69) is 14.9 Å². The molecule has 0 bridgehead atoms. The van der Waals surface area contributed by atoms with Crippen LogP contribution in [0.3, 0.4) is 0 Å². The van der Waals surface area contributed by atoms with Crippen LogP contribution in [0.25, 0.3) is 0 Å². The van der Waals surface area contributed by atoms with Gasteiger partial charge in [-0.3, -0.25) is 4.98 Å². The molecule has 2 atom stereocenters. The summed E-state index contributed by atoms with van der Waals surface area (Å²) in [5.74, 6) is 1.90. The van der Waals surface area contributed by atoms with Crippen LogP contribution in [0.15, 0.2) is 12.4 Å². The van der Waals surface area contributed by atoms with Crippen molar-refractivity contribution in [2.75, 3.05) is 11.4 Å². The van der Waals surface area contributed by atoms with Gasteiger partial charge in [-0.25, -0.2) is 4.98 Å². The van der Waals surface area contributed by atoms with Gasteiger partial charge in [-0.1, -0.05) is 12.8 Å². The van der Waals surface area contributed by atoms with Crippen molar-refractivity contribution >= 4 is 5.82 Å². The zero-order valence-electron chi connectivity index (χ0n) is 10.2. The number of fused-ring (bicyclic) bond motifs is 1. The highest BCUT2D eigenvalue weighted by molar-refractivity contribution is 5.45. The van der Waals surface area contributed by atoms with E-state index in [4.69, 9.17) is 5.73 Å². The van der Waals surface area contributed by atoms with Crippen molar-refractivity contribution < 1.29 is 0 Å². The highest BCUT2D eigenvalue weighted by Gasteiger charge is 2.37. The zero-order valence-corrected chi connectivity index (χ0v) is 10.2. The molecular formula is C13H20N4. The standard InChI is InChI=1S/C13H20N4/c14-9-11-13(16-7-6-15-11)17-8-5-10-3-1-2-4-12(10)17/h6-7,10,12H,1-5,8-9,14H2. The van der Waals surface area contributed by atoms with Crippen LogP contribution in [0.1, 0.15) is 37.8 Å². The summed E-state index contributed by atoms with van der Waals surface area (Å²) in [4.78, 5) is 11.3. The quantitative estimate of drug-likeness (QED) is 0.843. The maximum atomic E-state index is 5.76. The van der Waals surface area contributed by atoms with Crippen LogP contribution < -0.4 is 10.6 Å². The van der Waals surface area contributed by atoms with Gasteiger partial charge in [0.15, 0.2) is 5.82 Å². The van der Waals surface area contributed by atoms with Crippen LogP contribution in [0.4, 0.5) is 5.82 Å². The van der Waals surface area contributed by atoms with Gasteiger partial charge in [0, 0.05) is 31.5 Å². The lowest BCUT2D eigenvalue weighted by Crippen LogP contribution is -2.36. The summed E-state index contributed by atoms with van der Waals surface area (Å²) < 4.78 is 0. The summed E-state index contributed by atoms with van der Waals surface area (Å²) in [6, 6.07) is 0.686. The minimum Gasteiger partial charge on any atom is -0.352 e. The van der Waals surface area contributed by atoms with Crippen molar-refractivity contribution in [1.82, 2.24) is 9.97 Å². The fraction of sp³-hybridized carbons (Fsp3) is 0.692. The Morgan fingerprint density at radius 3 is 2.88 bits per heavy atom. The first-order chi connectivity index (χ1) is 8.40. The van der Waals surface area contributed by atoms with Gasteiger partial charge in [0.25, 0.3) is 0 Å². The Balaban J connectivity index is 1.88. The summed E-state index contributed by atoms with van der Waals surface area (Å²) in [6.45, 7) is 1.61. The predicted octanol–water partition coefficient (Wildman–Crippen LogP) is 1.70. The van der Waals surface area contributed by atoms with E-state index >= 15 is 0 Å². The van der Waals surface area contributed by atoms with Crippen LogP contribution >= 0.6 is 0 Å². The van der Waals surface area contributed by atoms with Gasteiger partial charge in [-0.2, -0.15) is 0 Å². The van der Waals surface area contributed by atoms with Crippen molar-refractivity contribution in [1.29, 1.82) is 0 Å². The van der Waals surface area contributed by atoms with E-state index in [0.717, 1.165) is 24.0 Å². The molecule has 1 aliphatic carbocycles. The van der Waals surface area contributed by atoms with Gasteiger partial charge < -0.3 is 10.6 Å². The largest absolute Gasteiger partial charge is 0.352 e. The van der Waals surface area contributed by atoms with Crippen molar-refractivity contribution in [2.24, 2.45) is 11.7 Å². The lowest BCUT2D eigenvalue weighted by molar-refractivity contribution is 0.341. The number of aromatic nitrogens is 2. The molecule has 17 heavy (non-hydrogen) atoms. The van der Waals surface area contributed by atoms with Gasteiger partial charge in [0.2, 0.25) is 0 Å². The molecule has 3 rings (SSSR count). The number of hydrogen-bond acceptors (Lipinski definition) is 4. The molecule has 1 aromatic heterocycles. The maximum Gasteiger partial charge on any atom is 0.151 e. The lowest BCUT2D eigenvalue weighted by Gasteiger charge is -2.32. The van der Waals surface area contributed by atoms with Crippen LogP contribution in [-0.2, 0) is 6.54 Å². The van der Waals surface area contributed by atoms with Crippen molar-refractivity contribution in [3.05, 3.63) is 18.1 Å². The first-order valence-corrected chi connectivity index (χ1v) is 6.66. The Hall–Kier alpha value is -1.16. The summed E-state index contributed by atoms with van der Waals surface area (Å²) in [6.07, 6.45) is 10.3. The van der Waals surface area contributed by atoms with Crippen molar-refractivity contribution in [2.45, 2.75) is 44.7 Å². The topological polar surface area (TPSA) is 55.0 Å². The monoisotopic (exact) mass is 232 g/mol. The van der Waals surface area contributed by atoms with E-state index in [1.54, 1.807) is 12.4 Å². The van der Waals surface area contributed by atoms with Crippen molar-refractivity contribution in [3.8, 4) is 0 Å². The number of nitrogens with two attached hydrogens (primary N) is 1. The first-order valence-electron chi connectivity index (χ1n) is 6.66. The molecule has 2 unspecified atom stereocenters. The molecule has 4 heteroatoms. The van der Waals surface area contributed by atoms with E-state index in [9.17, 15) is 0 Å². The predicted molar refractivity (Wildman–Crippen MR) is 67.6 cm³/mol. The van der Waals surface area contributed by atoms with E-state index in [1.165, 1.54) is 32.1 Å². The van der Waals surface area contributed by atoms with E-state index in [1.807, 2.05) is 0 Å².